The number of amides is 1. The van der Waals surface area contributed by atoms with E-state index in [-0.39, 0.29) is 18.4 Å². The molecule has 1 amide bonds. The first-order chi connectivity index (χ1) is 9.43. The summed E-state index contributed by atoms with van der Waals surface area (Å²) < 4.78 is 13.1. The van der Waals surface area contributed by atoms with Gasteiger partial charge in [-0.1, -0.05) is 25.5 Å². The summed E-state index contributed by atoms with van der Waals surface area (Å²) in [5.41, 5.74) is 0.577. The van der Waals surface area contributed by atoms with Crippen molar-refractivity contribution >= 4 is 11.9 Å². The normalized spacial score (nSPS) is 13.6. The lowest BCUT2D eigenvalue weighted by atomic mass is 9.99. The summed E-state index contributed by atoms with van der Waals surface area (Å²) in [5.74, 6) is -2.13. The van der Waals surface area contributed by atoms with Crippen LogP contribution in [0.2, 0.25) is 0 Å². The van der Waals surface area contributed by atoms with Crippen LogP contribution < -0.4 is 5.32 Å². The van der Waals surface area contributed by atoms with Crippen molar-refractivity contribution in [1.29, 1.82) is 0 Å². The molecule has 0 saturated heterocycles. The summed E-state index contributed by atoms with van der Waals surface area (Å²) in [6.07, 6.45) is 1.29. The molecule has 1 unspecified atom stereocenters. The maximum Gasteiger partial charge on any atom is 0.305 e. The summed E-state index contributed by atoms with van der Waals surface area (Å²) >= 11 is 0. The number of hydrogen-bond acceptors (Lipinski definition) is 2. The number of rotatable bonds is 7. The fourth-order valence-corrected chi connectivity index (χ4v) is 2.04. The third-order valence-electron chi connectivity index (χ3n) is 3.15. The Morgan fingerprint density at radius 1 is 1.40 bits per heavy atom. The molecule has 1 aromatic carbocycles. The Labute approximate surface area is 118 Å². The topological polar surface area (TPSA) is 66.4 Å². The highest BCUT2D eigenvalue weighted by atomic mass is 19.1. The van der Waals surface area contributed by atoms with Crippen LogP contribution in [0.15, 0.2) is 24.3 Å². The Hall–Kier alpha value is -1.91. The van der Waals surface area contributed by atoms with Crippen molar-refractivity contribution < 1.29 is 19.1 Å². The van der Waals surface area contributed by atoms with Crippen LogP contribution in [0.4, 0.5) is 4.39 Å². The predicted octanol–water partition coefficient (Wildman–Crippen LogP) is 2.69. The summed E-state index contributed by atoms with van der Waals surface area (Å²) in [6, 6.07) is 5.48. The minimum Gasteiger partial charge on any atom is -0.481 e. The zero-order valence-corrected chi connectivity index (χ0v) is 11.7. The number of carboxylic acids is 1. The van der Waals surface area contributed by atoms with E-state index in [1.54, 1.807) is 19.1 Å². The van der Waals surface area contributed by atoms with Gasteiger partial charge < -0.3 is 10.4 Å². The Morgan fingerprint density at radius 3 is 2.65 bits per heavy atom. The molecular weight excluding hydrogens is 261 g/mol. The van der Waals surface area contributed by atoms with Gasteiger partial charge in [0.05, 0.1) is 12.3 Å². The third kappa shape index (κ3) is 4.99. The molecule has 0 spiro atoms. The molecule has 0 heterocycles. The lowest BCUT2D eigenvalue weighted by Gasteiger charge is -2.19. The standard InChI is InChI=1S/C15H20FNO3/c1-3-5-13(9-14(18)19)17-15(20)10(2)11-6-4-7-12(16)8-11/h4,6-8,10,13H,3,5,9H2,1-2H3,(H,17,20)(H,18,19)/t10?,13-/m1/s1. The van der Waals surface area contributed by atoms with E-state index in [2.05, 4.69) is 5.32 Å². The molecule has 5 heteroatoms. The number of nitrogens with one attached hydrogen (secondary N) is 1. The van der Waals surface area contributed by atoms with E-state index in [4.69, 9.17) is 5.11 Å². The average molecular weight is 281 g/mol. The van der Waals surface area contributed by atoms with Gasteiger partial charge in [0.15, 0.2) is 0 Å². The van der Waals surface area contributed by atoms with Gasteiger partial charge in [-0.25, -0.2) is 4.39 Å². The second kappa shape index (κ2) is 7.62. The molecule has 1 aromatic rings. The van der Waals surface area contributed by atoms with Gasteiger partial charge >= 0.3 is 5.97 Å². The molecule has 0 radical (unpaired) electrons. The summed E-state index contributed by atoms with van der Waals surface area (Å²) in [4.78, 5) is 22.8. The van der Waals surface area contributed by atoms with Gasteiger partial charge in [0.25, 0.3) is 0 Å². The van der Waals surface area contributed by atoms with Crippen molar-refractivity contribution in [2.45, 2.75) is 45.1 Å². The monoisotopic (exact) mass is 281 g/mol. The molecule has 20 heavy (non-hydrogen) atoms. The van der Waals surface area contributed by atoms with Crippen molar-refractivity contribution in [3.63, 3.8) is 0 Å². The van der Waals surface area contributed by atoms with Gasteiger partial charge in [-0.15, -0.1) is 0 Å². The molecule has 2 N–H and O–H groups in total. The maximum absolute atomic E-state index is 13.1. The fourth-order valence-electron chi connectivity index (χ4n) is 2.04. The highest BCUT2D eigenvalue weighted by molar-refractivity contribution is 5.84. The van der Waals surface area contributed by atoms with E-state index < -0.39 is 17.7 Å². The van der Waals surface area contributed by atoms with Crippen molar-refractivity contribution in [2.24, 2.45) is 0 Å². The zero-order chi connectivity index (χ0) is 15.1. The van der Waals surface area contributed by atoms with Gasteiger partial charge in [-0.2, -0.15) is 0 Å². The van der Waals surface area contributed by atoms with E-state index in [1.807, 2.05) is 6.92 Å². The molecule has 1 rings (SSSR count). The second-order valence-corrected chi connectivity index (χ2v) is 4.87. The predicted molar refractivity (Wildman–Crippen MR) is 73.9 cm³/mol. The second-order valence-electron chi connectivity index (χ2n) is 4.87. The van der Waals surface area contributed by atoms with Crippen LogP contribution in [0.3, 0.4) is 0 Å². The molecule has 4 nitrogen and oxygen atoms in total. The number of aliphatic carboxylic acids is 1. The van der Waals surface area contributed by atoms with Crippen LogP contribution in [0, 0.1) is 5.82 Å². The Kier molecular flexibility index (Phi) is 6.15. The number of carbonyl (C=O) groups excluding carboxylic acids is 1. The van der Waals surface area contributed by atoms with Gasteiger partial charge in [-0.3, -0.25) is 9.59 Å². The smallest absolute Gasteiger partial charge is 0.305 e. The summed E-state index contributed by atoms with van der Waals surface area (Å²) in [5, 5.41) is 11.5. The van der Waals surface area contributed by atoms with Crippen molar-refractivity contribution in [2.75, 3.05) is 0 Å². The molecule has 0 aromatic heterocycles. The van der Waals surface area contributed by atoms with Gasteiger partial charge in [0, 0.05) is 6.04 Å². The van der Waals surface area contributed by atoms with E-state index >= 15 is 0 Å². The zero-order valence-electron chi connectivity index (χ0n) is 11.7. The summed E-state index contributed by atoms with van der Waals surface area (Å²) in [6.45, 7) is 3.60. The van der Waals surface area contributed by atoms with E-state index in [9.17, 15) is 14.0 Å². The quantitative estimate of drug-likeness (QED) is 0.807. The lowest BCUT2D eigenvalue weighted by molar-refractivity contribution is -0.137. The average Bonchev–Trinajstić information content (AvgIpc) is 2.37. The van der Waals surface area contributed by atoms with Crippen LogP contribution in [-0.2, 0) is 9.59 Å². The van der Waals surface area contributed by atoms with Crippen LogP contribution in [-0.4, -0.2) is 23.0 Å². The minimum absolute atomic E-state index is 0.102. The Balaban J connectivity index is 2.70. The highest BCUT2D eigenvalue weighted by Gasteiger charge is 2.20. The number of carbonyl (C=O) groups is 2. The Morgan fingerprint density at radius 2 is 2.10 bits per heavy atom. The molecule has 0 fully saturated rings. The van der Waals surface area contributed by atoms with Crippen LogP contribution in [0.5, 0.6) is 0 Å². The van der Waals surface area contributed by atoms with Crippen molar-refractivity contribution in [1.82, 2.24) is 5.32 Å². The van der Waals surface area contributed by atoms with Crippen molar-refractivity contribution in [3.05, 3.63) is 35.6 Å². The van der Waals surface area contributed by atoms with Crippen LogP contribution in [0.25, 0.3) is 0 Å². The van der Waals surface area contributed by atoms with E-state index in [0.717, 1.165) is 6.42 Å². The molecule has 0 aliphatic heterocycles. The van der Waals surface area contributed by atoms with Crippen LogP contribution >= 0.6 is 0 Å². The fraction of sp³-hybridized carbons (Fsp3) is 0.467. The first-order valence-corrected chi connectivity index (χ1v) is 6.71. The molecule has 0 bridgehead atoms. The highest BCUT2D eigenvalue weighted by Crippen LogP contribution is 2.17. The molecule has 110 valence electrons. The van der Waals surface area contributed by atoms with E-state index in [0.29, 0.717) is 12.0 Å². The molecule has 0 saturated carbocycles. The molecule has 0 aliphatic rings. The van der Waals surface area contributed by atoms with E-state index in [1.165, 1.54) is 12.1 Å². The van der Waals surface area contributed by atoms with Gasteiger partial charge in [-0.05, 0) is 31.0 Å². The Bertz CT molecular complexity index is 476. The van der Waals surface area contributed by atoms with Crippen LogP contribution in [0.1, 0.15) is 44.6 Å². The number of halogens is 1. The first-order valence-electron chi connectivity index (χ1n) is 6.71. The maximum atomic E-state index is 13.1. The lowest BCUT2D eigenvalue weighted by Crippen LogP contribution is -2.38. The largest absolute Gasteiger partial charge is 0.481 e. The first kappa shape index (κ1) is 16.1. The SMILES string of the molecule is CCC[C@H](CC(=O)O)NC(=O)C(C)c1cccc(F)c1. The third-order valence-corrected chi connectivity index (χ3v) is 3.15. The van der Waals surface area contributed by atoms with Gasteiger partial charge in [0.2, 0.25) is 5.91 Å². The van der Waals surface area contributed by atoms with Crippen molar-refractivity contribution in [3.8, 4) is 0 Å². The molecular formula is C15H20FNO3. The van der Waals surface area contributed by atoms with Gasteiger partial charge in [0.1, 0.15) is 5.82 Å². The number of hydrogen-bond donors (Lipinski definition) is 2. The summed E-state index contributed by atoms with van der Waals surface area (Å²) in [7, 11) is 0. The minimum atomic E-state index is -0.942. The number of benzene rings is 1. The molecule has 2 atom stereocenters. The number of carboxylic acid groups (broad SMARTS) is 1. The molecule has 0 aliphatic carbocycles.